The van der Waals surface area contributed by atoms with Crippen molar-refractivity contribution in [2.45, 2.75) is 19.0 Å². The zero-order valence-corrected chi connectivity index (χ0v) is 16.6. The molecule has 8 nitrogen and oxygen atoms in total. The van der Waals surface area contributed by atoms with Crippen molar-refractivity contribution in [1.29, 1.82) is 0 Å². The van der Waals surface area contributed by atoms with E-state index in [1.54, 1.807) is 17.9 Å². The van der Waals surface area contributed by atoms with Crippen LogP contribution in [0.5, 0.6) is 0 Å². The lowest BCUT2D eigenvalue weighted by Crippen LogP contribution is -2.31. The fraction of sp³-hybridized carbons (Fsp3) is 0.444. The summed E-state index contributed by atoms with van der Waals surface area (Å²) >= 11 is 1.41. The van der Waals surface area contributed by atoms with Gasteiger partial charge in [-0.1, -0.05) is 11.3 Å². The highest BCUT2D eigenvalue weighted by Gasteiger charge is 2.44. The van der Waals surface area contributed by atoms with E-state index in [4.69, 9.17) is 4.98 Å². The van der Waals surface area contributed by atoms with Crippen molar-refractivity contribution < 1.29 is 13.2 Å². The van der Waals surface area contributed by atoms with Gasteiger partial charge in [0.1, 0.15) is 17.0 Å². The topological polar surface area (TPSA) is 83.8 Å². The van der Waals surface area contributed by atoms with Crippen molar-refractivity contribution in [3.05, 3.63) is 36.1 Å². The Labute approximate surface area is 173 Å². The molecular weight excluding hydrogens is 417 g/mol. The van der Waals surface area contributed by atoms with E-state index in [-0.39, 0.29) is 5.41 Å². The fourth-order valence-corrected chi connectivity index (χ4v) is 4.65. The molecule has 3 aromatic heterocycles. The average molecular weight is 434 g/mol. The Balaban J connectivity index is 1.29. The molecule has 30 heavy (non-hydrogen) atoms. The standard InChI is InChI=1S/C18H17F3N8S/c19-18(20,21)16-23-5-12(6-24-16)28-3-1-17(9-28)2-4-29(10-17)14-8-22-7-13(26-14)15-27-25-11-30-15/h5-8,11H,1-4,9-10H2. The molecule has 0 amide bonds. The van der Waals surface area contributed by atoms with E-state index in [2.05, 4.69) is 34.9 Å². The summed E-state index contributed by atoms with van der Waals surface area (Å²) in [4.78, 5) is 20.3. The molecule has 1 atom stereocenters. The average Bonchev–Trinajstić information content (AvgIpc) is 3.50. The Kier molecular flexibility index (Phi) is 4.53. The summed E-state index contributed by atoms with van der Waals surface area (Å²) in [5, 5.41) is 8.63. The van der Waals surface area contributed by atoms with Gasteiger partial charge in [0, 0.05) is 31.6 Å². The number of aromatic nitrogens is 6. The lowest BCUT2D eigenvalue weighted by molar-refractivity contribution is -0.144. The molecular formula is C18H17F3N8S. The molecule has 5 heterocycles. The minimum absolute atomic E-state index is 0.0587. The predicted molar refractivity (Wildman–Crippen MR) is 104 cm³/mol. The van der Waals surface area contributed by atoms with E-state index in [0.717, 1.165) is 49.8 Å². The number of alkyl halides is 3. The van der Waals surface area contributed by atoms with E-state index in [9.17, 15) is 13.2 Å². The van der Waals surface area contributed by atoms with Crippen LogP contribution in [-0.2, 0) is 6.18 Å². The number of hydrogen-bond donors (Lipinski definition) is 0. The molecule has 1 spiro atoms. The van der Waals surface area contributed by atoms with Gasteiger partial charge >= 0.3 is 6.18 Å². The van der Waals surface area contributed by atoms with Crippen LogP contribution in [-0.4, -0.2) is 56.3 Å². The molecule has 2 aliphatic heterocycles. The fourth-order valence-electron chi connectivity index (χ4n) is 4.15. The third kappa shape index (κ3) is 3.55. The lowest BCUT2D eigenvalue weighted by atomic mass is 9.86. The summed E-state index contributed by atoms with van der Waals surface area (Å²) < 4.78 is 38.1. The molecule has 2 aliphatic rings. The van der Waals surface area contributed by atoms with Crippen LogP contribution in [0.3, 0.4) is 0 Å². The number of halogens is 3. The normalized spacial score (nSPS) is 21.7. The second-order valence-corrected chi connectivity index (χ2v) is 8.45. The molecule has 1 unspecified atom stereocenters. The number of nitrogens with zero attached hydrogens (tertiary/aromatic N) is 8. The SMILES string of the molecule is FC(F)(F)c1ncc(N2CCC3(CCN(c4cncc(-c5nncs5)n4)C3)C2)cn1. The maximum Gasteiger partial charge on any atom is 0.451 e. The van der Waals surface area contributed by atoms with E-state index >= 15 is 0 Å². The maximum atomic E-state index is 12.7. The van der Waals surface area contributed by atoms with E-state index in [1.165, 1.54) is 23.7 Å². The van der Waals surface area contributed by atoms with Gasteiger partial charge in [-0.15, -0.1) is 10.2 Å². The smallest absolute Gasteiger partial charge is 0.368 e. The molecule has 0 aliphatic carbocycles. The monoisotopic (exact) mass is 434 g/mol. The molecule has 156 valence electrons. The van der Waals surface area contributed by atoms with Gasteiger partial charge in [0.2, 0.25) is 5.82 Å². The van der Waals surface area contributed by atoms with E-state index < -0.39 is 12.0 Å². The lowest BCUT2D eigenvalue weighted by Gasteiger charge is -2.25. The van der Waals surface area contributed by atoms with Crippen LogP contribution in [0.2, 0.25) is 0 Å². The highest BCUT2D eigenvalue weighted by Crippen LogP contribution is 2.42. The van der Waals surface area contributed by atoms with Crippen LogP contribution >= 0.6 is 11.3 Å². The minimum atomic E-state index is -4.53. The highest BCUT2D eigenvalue weighted by molar-refractivity contribution is 7.12. The Bertz CT molecular complexity index is 1030. The van der Waals surface area contributed by atoms with E-state index in [0.29, 0.717) is 11.4 Å². The van der Waals surface area contributed by atoms with Crippen LogP contribution in [0.1, 0.15) is 18.7 Å². The molecule has 0 saturated carbocycles. The third-order valence-electron chi connectivity index (χ3n) is 5.66. The molecule has 0 aromatic carbocycles. The van der Waals surface area contributed by atoms with Gasteiger partial charge in [-0.2, -0.15) is 13.2 Å². The molecule has 5 rings (SSSR count). The molecule has 0 bridgehead atoms. The van der Waals surface area contributed by atoms with Crippen molar-refractivity contribution in [1.82, 2.24) is 30.1 Å². The Morgan fingerprint density at radius 1 is 0.967 bits per heavy atom. The van der Waals surface area contributed by atoms with Gasteiger partial charge in [0.15, 0.2) is 5.01 Å². The van der Waals surface area contributed by atoms with Gasteiger partial charge in [0.05, 0.1) is 30.5 Å². The van der Waals surface area contributed by atoms with Crippen molar-refractivity contribution in [3.8, 4) is 10.7 Å². The summed E-state index contributed by atoms with van der Waals surface area (Å²) in [5.41, 5.74) is 3.04. The number of rotatable bonds is 3. The molecule has 2 fully saturated rings. The minimum Gasteiger partial charge on any atom is -0.368 e. The van der Waals surface area contributed by atoms with Gasteiger partial charge in [0.25, 0.3) is 0 Å². The first-order chi connectivity index (χ1) is 14.4. The van der Waals surface area contributed by atoms with Crippen molar-refractivity contribution in [2.24, 2.45) is 5.41 Å². The van der Waals surface area contributed by atoms with Crippen molar-refractivity contribution >= 4 is 22.8 Å². The number of anilines is 2. The summed E-state index contributed by atoms with van der Waals surface area (Å²) in [5.74, 6) is -0.308. The second kappa shape index (κ2) is 7.11. The van der Waals surface area contributed by atoms with Gasteiger partial charge in [-0.3, -0.25) is 4.98 Å². The largest absolute Gasteiger partial charge is 0.451 e. The van der Waals surface area contributed by atoms with Crippen LogP contribution in [0.15, 0.2) is 30.3 Å². The maximum absolute atomic E-state index is 12.7. The van der Waals surface area contributed by atoms with Crippen LogP contribution in [0.25, 0.3) is 10.7 Å². The van der Waals surface area contributed by atoms with Crippen LogP contribution in [0, 0.1) is 5.41 Å². The van der Waals surface area contributed by atoms with Crippen LogP contribution in [0.4, 0.5) is 24.7 Å². The zero-order chi connectivity index (χ0) is 20.8. The molecule has 3 aromatic rings. The van der Waals surface area contributed by atoms with Gasteiger partial charge in [-0.05, 0) is 12.8 Å². The summed E-state index contributed by atoms with van der Waals surface area (Å²) in [6.07, 6.45) is 3.36. The first kappa shape index (κ1) is 19.1. The van der Waals surface area contributed by atoms with Gasteiger partial charge in [-0.25, -0.2) is 15.0 Å². The Morgan fingerprint density at radius 3 is 2.40 bits per heavy atom. The number of hydrogen-bond acceptors (Lipinski definition) is 9. The first-order valence-electron chi connectivity index (χ1n) is 9.40. The first-order valence-corrected chi connectivity index (χ1v) is 10.3. The quantitative estimate of drug-likeness (QED) is 0.622. The molecule has 0 radical (unpaired) electrons. The zero-order valence-electron chi connectivity index (χ0n) is 15.7. The Hall–Kier alpha value is -2.89. The molecule has 2 saturated heterocycles. The predicted octanol–water partition coefficient (Wildman–Crippen LogP) is 2.91. The van der Waals surface area contributed by atoms with Crippen molar-refractivity contribution in [3.63, 3.8) is 0 Å². The second-order valence-electron chi connectivity index (χ2n) is 7.61. The Morgan fingerprint density at radius 2 is 1.70 bits per heavy atom. The van der Waals surface area contributed by atoms with E-state index in [1.807, 2.05) is 0 Å². The summed E-state index contributed by atoms with van der Waals surface area (Å²) in [6, 6.07) is 0. The molecule has 0 N–H and O–H groups in total. The third-order valence-corrected chi connectivity index (χ3v) is 6.37. The van der Waals surface area contributed by atoms with Crippen molar-refractivity contribution in [2.75, 3.05) is 36.0 Å². The summed E-state index contributed by atoms with van der Waals surface area (Å²) in [7, 11) is 0. The highest BCUT2D eigenvalue weighted by atomic mass is 32.1. The summed E-state index contributed by atoms with van der Waals surface area (Å²) in [6.45, 7) is 3.19. The van der Waals surface area contributed by atoms with Gasteiger partial charge < -0.3 is 9.80 Å². The molecule has 12 heteroatoms. The van der Waals surface area contributed by atoms with Crippen LogP contribution < -0.4 is 9.80 Å².